The third kappa shape index (κ3) is 8.43. The van der Waals surface area contributed by atoms with E-state index in [1.54, 1.807) is 0 Å². The van der Waals surface area contributed by atoms with Crippen LogP contribution in [0.3, 0.4) is 0 Å². The molecule has 0 spiro atoms. The molecular weight excluding hydrogens is 754 g/mol. The van der Waals surface area contributed by atoms with Gasteiger partial charge in [0.05, 0.1) is 9.85 Å². The molecule has 0 radical (unpaired) electrons. The molecule has 0 aliphatic heterocycles. The largest absolute Gasteiger partial charge is 0.502 e. The minimum Gasteiger partial charge on any atom is -0.502 e. The second-order valence-electron chi connectivity index (χ2n) is 9.84. The first-order valence-corrected chi connectivity index (χ1v) is 13.2. The van der Waals surface area contributed by atoms with Crippen molar-refractivity contribution in [3.63, 3.8) is 0 Å². The molecule has 0 saturated heterocycles. The van der Waals surface area contributed by atoms with Gasteiger partial charge < -0.3 is 20.8 Å². The number of nitrogens with one attached hydrogen (secondary N) is 2. The minimum absolute atomic E-state index is 0.186. The van der Waals surface area contributed by atoms with Crippen molar-refractivity contribution in [2.24, 2.45) is 0 Å². The summed E-state index contributed by atoms with van der Waals surface area (Å²) in [7, 11) is 0. The summed E-state index contributed by atoms with van der Waals surface area (Å²) >= 11 is 0. The molecule has 0 aliphatic rings. The molecule has 0 amide bonds. The van der Waals surface area contributed by atoms with E-state index in [0.29, 0.717) is 0 Å². The number of nitrogens with zero attached hydrogens (tertiary/aromatic N) is 2. The quantitative estimate of drug-likeness (QED) is 0.0456. The van der Waals surface area contributed by atoms with E-state index in [2.05, 4.69) is 10.6 Å². The van der Waals surface area contributed by atoms with Crippen molar-refractivity contribution >= 4 is 22.7 Å². The maximum atomic E-state index is 13.7. The SMILES string of the molecule is O=[N+]([O-])c1cc(NCc2c(F)c(F)c(C(F)(F)F)c(F)c2F)ccc1O.O=[N+]([O-])c1cc(NCc2c(F)c(F)c(C(F)(F)F)c(F)c2F)ccc1O. The van der Waals surface area contributed by atoms with Gasteiger partial charge >= 0.3 is 23.7 Å². The number of phenolic OH excluding ortho intramolecular Hbond substituents is 2. The number of anilines is 2. The summed E-state index contributed by atoms with van der Waals surface area (Å²) in [6, 6.07) is 5.30. The van der Waals surface area contributed by atoms with Gasteiger partial charge in [-0.15, -0.1) is 0 Å². The van der Waals surface area contributed by atoms with E-state index in [1.807, 2.05) is 0 Å². The number of nitro benzene ring substituents is 2. The van der Waals surface area contributed by atoms with Gasteiger partial charge in [-0.1, -0.05) is 0 Å². The summed E-state index contributed by atoms with van der Waals surface area (Å²) in [6.07, 6.45) is -11.3. The molecule has 0 saturated carbocycles. The van der Waals surface area contributed by atoms with Crippen LogP contribution in [0, 0.1) is 66.8 Å². The van der Waals surface area contributed by atoms with Gasteiger partial charge in [-0.2, -0.15) is 26.3 Å². The number of rotatable bonds is 8. The fourth-order valence-corrected chi connectivity index (χ4v) is 4.10. The van der Waals surface area contributed by atoms with Crippen LogP contribution in [-0.2, 0) is 25.4 Å². The average Bonchev–Trinajstić information content (AvgIpc) is 3.03. The molecule has 4 rings (SSSR count). The van der Waals surface area contributed by atoms with Crippen molar-refractivity contribution in [2.75, 3.05) is 10.6 Å². The van der Waals surface area contributed by atoms with Gasteiger partial charge in [0.2, 0.25) is 0 Å². The predicted molar refractivity (Wildman–Crippen MR) is 147 cm³/mol. The van der Waals surface area contributed by atoms with Gasteiger partial charge in [0, 0.05) is 47.7 Å². The maximum absolute atomic E-state index is 13.7. The monoisotopic (exact) mass is 768 g/mol. The van der Waals surface area contributed by atoms with Crippen LogP contribution in [-0.4, -0.2) is 20.1 Å². The zero-order valence-electron chi connectivity index (χ0n) is 24.6. The highest BCUT2D eigenvalue weighted by Crippen LogP contribution is 2.39. The zero-order chi connectivity index (χ0) is 39.6. The van der Waals surface area contributed by atoms with Gasteiger partial charge in [-0.05, 0) is 24.3 Å². The smallest absolute Gasteiger partial charge is 0.422 e. The van der Waals surface area contributed by atoms with E-state index < -0.39 is 127 Å². The van der Waals surface area contributed by atoms with E-state index in [4.69, 9.17) is 0 Å². The number of nitro groups is 2. The normalized spacial score (nSPS) is 11.5. The van der Waals surface area contributed by atoms with Crippen LogP contribution in [0.25, 0.3) is 0 Å². The molecule has 0 aromatic heterocycles. The van der Waals surface area contributed by atoms with Gasteiger partial charge in [-0.25, -0.2) is 35.1 Å². The first kappa shape index (κ1) is 40.3. The highest BCUT2D eigenvalue weighted by Gasteiger charge is 2.43. The van der Waals surface area contributed by atoms with Crippen LogP contribution < -0.4 is 10.6 Å². The zero-order valence-corrected chi connectivity index (χ0v) is 24.6. The molecule has 0 heterocycles. The summed E-state index contributed by atoms with van der Waals surface area (Å²) in [5.41, 5.74) is -10.1. The molecule has 0 bridgehead atoms. The van der Waals surface area contributed by atoms with Crippen molar-refractivity contribution in [2.45, 2.75) is 25.4 Å². The lowest BCUT2D eigenvalue weighted by atomic mass is 10.1. The summed E-state index contributed by atoms with van der Waals surface area (Å²) in [6.45, 7) is -2.04. The lowest BCUT2D eigenvalue weighted by Gasteiger charge is -2.15. The molecule has 4 N–H and O–H groups in total. The van der Waals surface area contributed by atoms with E-state index in [1.165, 1.54) is 0 Å². The first-order valence-electron chi connectivity index (χ1n) is 13.2. The van der Waals surface area contributed by atoms with E-state index in [9.17, 15) is 91.9 Å². The second-order valence-corrected chi connectivity index (χ2v) is 9.84. The first-order chi connectivity index (χ1) is 23.9. The molecule has 0 fully saturated rings. The fourth-order valence-electron chi connectivity index (χ4n) is 4.10. The van der Waals surface area contributed by atoms with E-state index >= 15 is 0 Å². The Morgan fingerprint density at radius 2 is 0.788 bits per heavy atom. The molecule has 0 atom stereocenters. The van der Waals surface area contributed by atoms with E-state index in [0.717, 1.165) is 36.4 Å². The van der Waals surface area contributed by atoms with Crippen molar-refractivity contribution in [3.8, 4) is 11.5 Å². The predicted octanol–water partition coefficient (Wildman–Crippen LogP) is 8.98. The standard InChI is InChI=1S/2C14H7F7N2O3/c2*15-10-6(11(16)13(18)9(12(10)17)14(19,20)21)4-22-5-1-2-8(24)7(3-5)23(25)26/h2*1-3,22,24H,4H2. The van der Waals surface area contributed by atoms with Crippen LogP contribution >= 0.6 is 0 Å². The Bertz CT molecular complexity index is 1850. The van der Waals surface area contributed by atoms with Gasteiger partial charge in [-0.3, -0.25) is 20.2 Å². The number of benzene rings is 4. The van der Waals surface area contributed by atoms with Gasteiger partial charge in [0.15, 0.2) is 58.0 Å². The number of hydrogen-bond acceptors (Lipinski definition) is 8. The molecule has 280 valence electrons. The van der Waals surface area contributed by atoms with Crippen LogP contribution in [0.5, 0.6) is 11.5 Å². The van der Waals surface area contributed by atoms with Crippen LogP contribution in [0.4, 0.5) is 84.2 Å². The fraction of sp³-hybridized carbons (Fsp3) is 0.143. The molecule has 4 aromatic carbocycles. The van der Waals surface area contributed by atoms with Gasteiger partial charge in [0.1, 0.15) is 11.1 Å². The number of alkyl halides is 6. The van der Waals surface area contributed by atoms with Crippen LogP contribution in [0.2, 0.25) is 0 Å². The van der Waals surface area contributed by atoms with Crippen molar-refractivity contribution < 1.29 is 81.5 Å². The third-order valence-electron chi connectivity index (χ3n) is 6.56. The molecule has 10 nitrogen and oxygen atoms in total. The Balaban J connectivity index is 0.000000280. The maximum Gasteiger partial charge on any atom is 0.422 e. The Hall–Kier alpha value is -6.10. The van der Waals surface area contributed by atoms with Crippen molar-refractivity contribution in [3.05, 3.63) is 125 Å². The minimum atomic E-state index is -5.65. The second kappa shape index (κ2) is 15.0. The van der Waals surface area contributed by atoms with Crippen molar-refractivity contribution in [1.82, 2.24) is 0 Å². The number of phenols is 2. The summed E-state index contributed by atoms with van der Waals surface area (Å²) in [5, 5.41) is 44.2. The molecular formula is C28H14F14N4O6. The summed E-state index contributed by atoms with van der Waals surface area (Å²) < 4.78 is 184. The number of halogens is 14. The molecule has 24 heteroatoms. The Labute approximate surface area is 277 Å². The van der Waals surface area contributed by atoms with E-state index in [-0.39, 0.29) is 11.4 Å². The molecule has 4 aromatic rings. The Morgan fingerprint density at radius 3 is 1.02 bits per heavy atom. The summed E-state index contributed by atoms with van der Waals surface area (Å²) in [5.74, 6) is -20.9. The Kier molecular flexibility index (Phi) is 11.6. The van der Waals surface area contributed by atoms with Crippen LogP contribution in [0.15, 0.2) is 36.4 Å². The van der Waals surface area contributed by atoms with Gasteiger partial charge in [0.25, 0.3) is 0 Å². The van der Waals surface area contributed by atoms with Crippen LogP contribution in [0.1, 0.15) is 22.3 Å². The highest BCUT2D eigenvalue weighted by atomic mass is 19.4. The lowest BCUT2D eigenvalue weighted by molar-refractivity contribution is -0.385. The summed E-state index contributed by atoms with van der Waals surface area (Å²) in [4.78, 5) is 19.4. The lowest BCUT2D eigenvalue weighted by Crippen LogP contribution is -2.18. The Morgan fingerprint density at radius 1 is 0.519 bits per heavy atom. The number of aromatic hydroxyl groups is 2. The number of hydrogen-bond donors (Lipinski definition) is 4. The third-order valence-corrected chi connectivity index (χ3v) is 6.56. The van der Waals surface area contributed by atoms with Crippen molar-refractivity contribution in [1.29, 1.82) is 0 Å². The molecule has 0 aliphatic carbocycles. The average molecular weight is 768 g/mol. The highest BCUT2D eigenvalue weighted by molar-refractivity contribution is 5.59. The topological polar surface area (TPSA) is 151 Å². The molecule has 52 heavy (non-hydrogen) atoms. The molecule has 0 unspecified atom stereocenters.